The van der Waals surface area contributed by atoms with Crippen LogP contribution in [0.1, 0.15) is 5.56 Å². The molecule has 6 heteroatoms. The van der Waals surface area contributed by atoms with Gasteiger partial charge >= 0.3 is 0 Å². The normalized spacial score (nSPS) is 11.2. The number of nitrogens with two attached hydrogens (primary N) is 1. The number of aromatic nitrogens is 1. The fraction of sp³-hybridized carbons (Fsp3) is 0.154. The molecule has 2 aromatic rings. The molecular formula is C13H15N3O2S. The molecule has 1 aromatic heterocycles. The lowest BCUT2D eigenvalue weighted by atomic mass is 10.2. The molecule has 2 rings (SSSR count). The van der Waals surface area contributed by atoms with Crippen LogP contribution in [0, 0.1) is 0 Å². The molecule has 5 nitrogen and oxygen atoms in total. The first-order chi connectivity index (χ1) is 9.05. The highest BCUT2D eigenvalue weighted by Crippen LogP contribution is 2.09. The van der Waals surface area contributed by atoms with Crippen molar-refractivity contribution in [2.24, 2.45) is 0 Å². The highest BCUT2D eigenvalue weighted by Gasteiger charge is 2.11. The van der Waals surface area contributed by atoms with Crippen LogP contribution in [0.25, 0.3) is 0 Å². The summed E-state index contributed by atoms with van der Waals surface area (Å²) in [6, 6.07) is 12.6. The third-order valence-electron chi connectivity index (χ3n) is 2.55. The van der Waals surface area contributed by atoms with Gasteiger partial charge in [0, 0.05) is 0 Å². The molecular weight excluding hydrogens is 262 g/mol. The summed E-state index contributed by atoms with van der Waals surface area (Å²) in [5.41, 5.74) is 6.96. The lowest BCUT2D eigenvalue weighted by Crippen LogP contribution is -2.18. The van der Waals surface area contributed by atoms with E-state index < -0.39 is 10.0 Å². The van der Waals surface area contributed by atoms with E-state index in [9.17, 15) is 8.42 Å². The number of pyridine rings is 1. The smallest absolute Gasteiger partial charge is 0.234 e. The summed E-state index contributed by atoms with van der Waals surface area (Å²) in [4.78, 5) is 3.90. The number of hydrogen-bond acceptors (Lipinski definition) is 4. The monoisotopic (exact) mass is 277 g/mol. The number of aryl methyl sites for hydroxylation is 1. The van der Waals surface area contributed by atoms with Gasteiger partial charge in [0.05, 0.1) is 17.6 Å². The summed E-state index contributed by atoms with van der Waals surface area (Å²) in [6.45, 7) is 0. The Balaban J connectivity index is 1.97. The Kier molecular flexibility index (Phi) is 4.01. The van der Waals surface area contributed by atoms with Crippen molar-refractivity contribution in [3.05, 3.63) is 54.2 Å². The van der Waals surface area contributed by atoms with Crippen molar-refractivity contribution in [3.63, 3.8) is 0 Å². The molecule has 19 heavy (non-hydrogen) atoms. The molecule has 0 saturated carbocycles. The van der Waals surface area contributed by atoms with E-state index in [1.54, 1.807) is 6.07 Å². The predicted octanol–water partition coefficient (Wildman–Crippen LogP) is 1.65. The molecule has 0 saturated heterocycles. The molecule has 0 aliphatic heterocycles. The number of nitrogen functional groups attached to an aromatic ring is 1. The topological polar surface area (TPSA) is 85.1 Å². The SMILES string of the molecule is Nc1ccc(NS(=O)(=O)CCc2ccccc2)nc1. The number of hydrogen-bond donors (Lipinski definition) is 2. The number of nitrogens with one attached hydrogen (secondary N) is 1. The molecule has 0 bridgehead atoms. The largest absolute Gasteiger partial charge is 0.397 e. The van der Waals surface area contributed by atoms with Gasteiger partial charge in [-0.2, -0.15) is 0 Å². The highest BCUT2D eigenvalue weighted by molar-refractivity contribution is 7.92. The van der Waals surface area contributed by atoms with Crippen molar-refractivity contribution in [1.29, 1.82) is 0 Å². The van der Waals surface area contributed by atoms with Gasteiger partial charge in [-0.1, -0.05) is 30.3 Å². The van der Waals surface area contributed by atoms with E-state index in [0.717, 1.165) is 5.56 Å². The number of anilines is 2. The van der Waals surface area contributed by atoms with Gasteiger partial charge in [0.25, 0.3) is 0 Å². The second-order valence-corrected chi connectivity index (χ2v) is 5.98. The van der Waals surface area contributed by atoms with Crippen LogP contribution in [-0.2, 0) is 16.4 Å². The Morgan fingerprint density at radius 3 is 2.47 bits per heavy atom. The van der Waals surface area contributed by atoms with E-state index in [1.165, 1.54) is 12.3 Å². The van der Waals surface area contributed by atoms with Gasteiger partial charge in [-0.15, -0.1) is 0 Å². The fourth-order valence-corrected chi connectivity index (χ4v) is 2.62. The van der Waals surface area contributed by atoms with Crippen LogP contribution in [-0.4, -0.2) is 19.2 Å². The highest BCUT2D eigenvalue weighted by atomic mass is 32.2. The van der Waals surface area contributed by atoms with Crippen molar-refractivity contribution in [1.82, 2.24) is 4.98 Å². The molecule has 100 valence electrons. The first-order valence-electron chi connectivity index (χ1n) is 5.81. The Bertz CT molecular complexity index is 625. The van der Waals surface area contributed by atoms with E-state index in [0.29, 0.717) is 12.1 Å². The average molecular weight is 277 g/mol. The van der Waals surface area contributed by atoms with Gasteiger partial charge in [0.15, 0.2) is 0 Å². The first kappa shape index (κ1) is 13.4. The van der Waals surface area contributed by atoms with Crippen LogP contribution >= 0.6 is 0 Å². The summed E-state index contributed by atoms with van der Waals surface area (Å²) in [6.07, 6.45) is 1.88. The van der Waals surface area contributed by atoms with Gasteiger partial charge in [-0.05, 0) is 24.1 Å². The molecule has 1 heterocycles. The Morgan fingerprint density at radius 1 is 1.11 bits per heavy atom. The lowest BCUT2D eigenvalue weighted by Gasteiger charge is -2.07. The minimum Gasteiger partial charge on any atom is -0.397 e. The van der Waals surface area contributed by atoms with Gasteiger partial charge in [0.1, 0.15) is 5.82 Å². The molecule has 0 amide bonds. The summed E-state index contributed by atoms with van der Waals surface area (Å²) in [7, 11) is -3.40. The first-order valence-corrected chi connectivity index (χ1v) is 7.46. The Labute approximate surface area is 112 Å². The molecule has 0 radical (unpaired) electrons. The van der Waals surface area contributed by atoms with E-state index in [2.05, 4.69) is 9.71 Å². The third kappa shape index (κ3) is 4.26. The maximum absolute atomic E-state index is 11.9. The van der Waals surface area contributed by atoms with E-state index in [4.69, 9.17) is 5.73 Å². The van der Waals surface area contributed by atoms with Crippen LogP contribution in [0.5, 0.6) is 0 Å². The Morgan fingerprint density at radius 2 is 1.84 bits per heavy atom. The standard InChI is InChI=1S/C13H15N3O2S/c14-12-6-7-13(15-10-12)16-19(17,18)9-8-11-4-2-1-3-5-11/h1-7,10H,8-9,14H2,(H,15,16). The summed E-state index contributed by atoms with van der Waals surface area (Å²) in [5.74, 6) is 0.297. The molecule has 0 aliphatic rings. The van der Waals surface area contributed by atoms with E-state index >= 15 is 0 Å². The second-order valence-electron chi connectivity index (χ2n) is 4.13. The summed E-state index contributed by atoms with van der Waals surface area (Å²) in [5, 5.41) is 0. The number of benzene rings is 1. The molecule has 0 aliphatic carbocycles. The summed E-state index contributed by atoms with van der Waals surface area (Å²) >= 11 is 0. The minimum atomic E-state index is -3.40. The number of nitrogens with zero attached hydrogens (tertiary/aromatic N) is 1. The quantitative estimate of drug-likeness (QED) is 0.870. The third-order valence-corrected chi connectivity index (χ3v) is 3.81. The second kappa shape index (κ2) is 5.71. The van der Waals surface area contributed by atoms with Crippen LogP contribution < -0.4 is 10.5 Å². The van der Waals surface area contributed by atoms with Gasteiger partial charge in [-0.25, -0.2) is 13.4 Å². The van der Waals surface area contributed by atoms with E-state index in [-0.39, 0.29) is 11.6 Å². The van der Waals surface area contributed by atoms with Gasteiger partial charge < -0.3 is 5.73 Å². The predicted molar refractivity (Wildman–Crippen MR) is 76.2 cm³/mol. The molecule has 0 spiro atoms. The molecule has 0 atom stereocenters. The van der Waals surface area contributed by atoms with Crippen molar-refractivity contribution in [2.75, 3.05) is 16.2 Å². The maximum Gasteiger partial charge on any atom is 0.234 e. The van der Waals surface area contributed by atoms with Crippen LogP contribution in [0.4, 0.5) is 11.5 Å². The molecule has 0 fully saturated rings. The van der Waals surface area contributed by atoms with Crippen molar-refractivity contribution >= 4 is 21.5 Å². The van der Waals surface area contributed by atoms with Crippen LogP contribution in [0.2, 0.25) is 0 Å². The average Bonchev–Trinajstić information content (AvgIpc) is 2.40. The molecule has 1 aromatic carbocycles. The molecule has 0 unspecified atom stereocenters. The molecule has 3 N–H and O–H groups in total. The van der Waals surface area contributed by atoms with Crippen LogP contribution in [0.3, 0.4) is 0 Å². The summed E-state index contributed by atoms with van der Waals surface area (Å²) < 4.78 is 26.2. The van der Waals surface area contributed by atoms with E-state index in [1.807, 2.05) is 30.3 Å². The zero-order valence-corrected chi connectivity index (χ0v) is 11.1. The maximum atomic E-state index is 11.9. The number of rotatable bonds is 5. The van der Waals surface area contributed by atoms with Gasteiger partial charge in [0.2, 0.25) is 10.0 Å². The van der Waals surface area contributed by atoms with Crippen molar-refractivity contribution in [3.8, 4) is 0 Å². The lowest BCUT2D eigenvalue weighted by molar-refractivity contribution is 0.600. The number of sulfonamides is 1. The Hall–Kier alpha value is -2.08. The van der Waals surface area contributed by atoms with Crippen molar-refractivity contribution in [2.45, 2.75) is 6.42 Å². The van der Waals surface area contributed by atoms with Crippen molar-refractivity contribution < 1.29 is 8.42 Å². The zero-order valence-electron chi connectivity index (χ0n) is 10.3. The fourth-order valence-electron chi connectivity index (χ4n) is 1.57. The van der Waals surface area contributed by atoms with Gasteiger partial charge in [-0.3, -0.25) is 4.72 Å². The van der Waals surface area contributed by atoms with Crippen LogP contribution in [0.15, 0.2) is 48.7 Å². The zero-order chi connectivity index (χ0) is 13.7. The minimum absolute atomic E-state index is 0.0169.